The second-order valence-corrected chi connectivity index (χ2v) is 6.96. The highest BCUT2D eigenvalue weighted by Gasteiger charge is 2.30. The molecular weight excluding hydrogens is 268 g/mol. The van der Waals surface area contributed by atoms with Crippen LogP contribution >= 0.6 is 0 Å². The number of aryl methyl sites for hydroxylation is 1. The minimum absolute atomic E-state index is 0.000734. The molecule has 2 unspecified atom stereocenters. The summed E-state index contributed by atoms with van der Waals surface area (Å²) in [5.41, 5.74) is 1.41. The molecule has 0 N–H and O–H groups in total. The molecule has 0 heterocycles. The molecule has 0 fully saturated rings. The van der Waals surface area contributed by atoms with E-state index in [1.54, 1.807) is 0 Å². The number of ether oxygens (including phenoxy) is 1. The lowest BCUT2D eigenvalue weighted by molar-refractivity contribution is -0.0471. The van der Waals surface area contributed by atoms with Gasteiger partial charge in [-0.1, -0.05) is 82.7 Å². The van der Waals surface area contributed by atoms with Crippen molar-refractivity contribution >= 4 is 0 Å². The number of unbranched alkanes of at least 4 members (excludes halogenated alkanes) is 5. The molecule has 0 saturated heterocycles. The second-order valence-electron chi connectivity index (χ2n) is 6.96. The zero-order chi connectivity index (χ0) is 16.3. The van der Waals surface area contributed by atoms with E-state index in [2.05, 4.69) is 51.1 Å². The van der Waals surface area contributed by atoms with Crippen molar-refractivity contribution in [3.05, 3.63) is 35.9 Å². The predicted octanol–water partition coefficient (Wildman–Crippen LogP) is 6.41. The van der Waals surface area contributed by atoms with Gasteiger partial charge in [0.05, 0.1) is 5.60 Å². The van der Waals surface area contributed by atoms with Crippen LogP contribution in [0.4, 0.5) is 0 Å². The fraction of sp³-hybridized carbons (Fsp3) is 0.714. The largest absolute Gasteiger partial charge is 0.378 e. The van der Waals surface area contributed by atoms with Crippen LogP contribution in [0.1, 0.15) is 77.7 Å². The lowest BCUT2D eigenvalue weighted by Gasteiger charge is -2.35. The van der Waals surface area contributed by atoms with Crippen LogP contribution < -0.4 is 0 Å². The quantitative estimate of drug-likeness (QED) is 0.405. The van der Waals surface area contributed by atoms with Crippen LogP contribution in [0, 0.1) is 5.92 Å². The molecule has 1 aromatic carbocycles. The molecule has 0 radical (unpaired) electrons. The van der Waals surface area contributed by atoms with Gasteiger partial charge < -0.3 is 4.74 Å². The summed E-state index contributed by atoms with van der Waals surface area (Å²) in [5, 5.41) is 0. The molecular formula is C21H36O. The third kappa shape index (κ3) is 6.96. The Morgan fingerprint density at radius 2 is 1.64 bits per heavy atom. The molecule has 1 rings (SSSR count). The van der Waals surface area contributed by atoms with E-state index in [-0.39, 0.29) is 5.60 Å². The third-order valence-corrected chi connectivity index (χ3v) is 5.25. The lowest BCUT2D eigenvalue weighted by atomic mass is 9.82. The van der Waals surface area contributed by atoms with Crippen LogP contribution in [-0.2, 0) is 11.2 Å². The van der Waals surface area contributed by atoms with E-state index >= 15 is 0 Å². The minimum atomic E-state index is -0.000734. The third-order valence-electron chi connectivity index (χ3n) is 5.25. The predicted molar refractivity (Wildman–Crippen MR) is 97.3 cm³/mol. The van der Waals surface area contributed by atoms with Crippen molar-refractivity contribution in [1.82, 2.24) is 0 Å². The monoisotopic (exact) mass is 304 g/mol. The Bertz CT molecular complexity index is 373. The summed E-state index contributed by atoms with van der Waals surface area (Å²) in [5.74, 6) is 0.618. The molecule has 0 aliphatic carbocycles. The van der Waals surface area contributed by atoms with Crippen molar-refractivity contribution < 1.29 is 4.74 Å². The van der Waals surface area contributed by atoms with Crippen molar-refractivity contribution in [1.29, 1.82) is 0 Å². The Morgan fingerprint density at radius 3 is 2.27 bits per heavy atom. The van der Waals surface area contributed by atoms with E-state index in [0.717, 1.165) is 12.8 Å². The Labute approximate surface area is 138 Å². The molecule has 0 bridgehead atoms. The summed E-state index contributed by atoms with van der Waals surface area (Å²) < 4.78 is 5.92. The maximum Gasteiger partial charge on any atom is 0.0679 e. The molecule has 0 saturated carbocycles. The Morgan fingerprint density at radius 1 is 1.00 bits per heavy atom. The lowest BCUT2D eigenvalue weighted by Crippen LogP contribution is -2.36. The normalized spacial score (nSPS) is 15.5. The highest BCUT2D eigenvalue weighted by atomic mass is 16.5. The first-order valence-electron chi connectivity index (χ1n) is 9.21. The molecule has 1 nitrogen and oxygen atoms in total. The highest BCUT2D eigenvalue weighted by molar-refractivity contribution is 5.15. The van der Waals surface area contributed by atoms with Gasteiger partial charge in [0.1, 0.15) is 0 Å². The van der Waals surface area contributed by atoms with Crippen molar-refractivity contribution in [2.24, 2.45) is 5.92 Å². The van der Waals surface area contributed by atoms with E-state index in [1.807, 2.05) is 7.11 Å². The SMILES string of the molecule is CCCCCCCCC(C)C(C)(CCc1ccccc1)OC. The maximum atomic E-state index is 5.92. The van der Waals surface area contributed by atoms with E-state index in [0.29, 0.717) is 5.92 Å². The average molecular weight is 305 g/mol. The van der Waals surface area contributed by atoms with Gasteiger partial charge in [0.15, 0.2) is 0 Å². The summed E-state index contributed by atoms with van der Waals surface area (Å²) >= 11 is 0. The summed E-state index contributed by atoms with van der Waals surface area (Å²) in [7, 11) is 1.88. The first kappa shape index (κ1) is 19.2. The summed E-state index contributed by atoms with van der Waals surface area (Å²) in [4.78, 5) is 0. The summed E-state index contributed by atoms with van der Waals surface area (Å²) in [6.45, 7) is 6.93. The van der Waals surface area contributed by atoms with Crippen molar-refractivity contribution in [3.63, 3.8) is 0 Å². The number of hydrogen-bond donors (Lipinski definition) is 0. The summed E-state index contributed by atoms with van der Waals surface area (Å²) in [6.07, 6.45) is 11.7. The van der Waals surface area contributed by atoms with Crippen LogP contribution in [0.15, 0.2) is 30.3 Å². The van der Waals surface area contributed by atoms with Crippen LogP contribution in [0.25, 0.3) is 0 Å². The van der Waals surface area contributed by atoms with Gasteiger partial charge in [-0.05, 0) is 37.7 Å². The highest BCUT2D eigenvalue weighted by Crippen LogP contribution is 2.30. The molecule has 0 aliphatic rings. The van der Waals surface area contributed by atoms with Gasteiger partial charge in [0, 0.05) is 7.11 Å². The van der Waals surface area contributed by atoms with Gasteiger partial charge in [-0.2, -0.15) is 0 Å². The fourth-order valence-corrected chi connectivity index (χ4v) is 3.12. The van der Waals surface area contributed by atoms with Gasteiger partial charge in [-0.25, -0.2) is 0 Å². The Balaban J connectivity index is 2.33. The van der Waals surface area contributed by atoms with E-state index < -0.39 is 0 Å². The maximum absolute atomic E-state index is 5.92. The van der Waals surface area contributed by atoms with Gasteiger partial charge >= 0.3 is 0 Å². The Kier molecular flexibility index (Phi) is 9.47. The van der Waals surface area contributed by atoms with Crippen molar-refractivity contribution in [2.75, 3.05) is 7.11 Å². The van der Waals surface area contributed by atoms with Crippen molar-refractivity contribution in [2.45, 2.75) is 84.2 Å². The zero-order valence-corrected chi connectivity index (χ0v) is 15.2. The minimum Gasteiger partial charge on any atom is -0.378 e. The number of benzene rings is 1. The topological polar surface area (TPSA) is 9.23 Å². The van der Waals surface area contributed by atoms with E-state index in [4.69, 9.17) is 4.74 Å². The molecule has 126 valence electrons. The second kappa shape index (κ2) is 10.8. The van der Waals surface area contributed by atoms with E-state index in [9.17, 15) is 0 Å². The van der Waals surface area contributed by atoms with Crippen LogP contribution in [0.5, 0.6) is 0 Å². The van der Waals surface area contributed by atoms with Crippen LogP contribution in [-0.4, -0.2) is 12.7 Å². The number of rotatable bonds is 12. The van der Waals surface area contributed by atoms with Crippen LogP contribution in [0.2, 0.25) is 0 Å². The molecule has 0 amide bonds. The van der Waals surface area contributed by atoms with E-state index in [1.165, 1.54) is 50.5 Å². The molecule has 0 aromatic heterocycles. The first-order valence-corrected chi connectivity index (χ1v) is 9.21. The zero-order valence-electron chi connectivity index (χ0n) is 15.2. The van der Waals surface area contributed by atoms with Gasteiger partial charge in [0.25, 0.3) is 0 Å². The number of methoxy groups -OCH3 is 1. The van der Waals surface area contributed by atoms with Gasteiger partial charge in [-0.3, -0.25) is 0 Å². The van der Waals surface area contributed by atoms with Crippen molar-refractivity contribution in [3.8, 4) is 0 Å². The Hall–Kier alpha value is -0.820. The number of hydrogen-bond acceptors (Lipinski definition) is 1. The standard InChI is InChI=1S/C21H36O/c1-5-6-7-8-9-11-14-19(2)21(3,22-4)18-17-20-15-12-10-13-16-20/h10,12-13,15-16,19H,5-9,11,14,17-18H2,1-4H3. The smallest absolute Gasteiger partial charge is 0.0679 e. The average Bonchev–Trinajstić information content (AvgIpc) is 2.56. The first-order chi connectivity index (χ1) is 10.6. The summed E-state index contributed by atoms with van der Waals surface area (Å²) in [6, 6.07) is 10.8. The van der Waals surface area contributed by atoms with Gasteiger partial charge in [0.2, 0.25) is 0 Å². The molecule has 1 heteroatoms. The molecule has 2 atom stereocenters. The van der Waals surface area contributed by atoms with Gasteiger partial charge in [-0.15, -0.1) is 0 Å². The molecule has 0 spiro atoms. The molecule has 22 heavy (non-hydrogen) atoms. The van der Waals surface area contributed by atoms with Crippen LogP contribution in [0.3, 0.4) is 0 Å². The fourth-order valence-electron chi connectivity index (χ4n) is 3.12. The molecule has 1 aromatic rings. The molecule has 0 aliphatic heterocycles.